The highest BCUT2D eigenvalue weighted by Crippen LogP contribution is 2.31. The molecule has 0 bridgehead atoms. The van der Waals surface area contributed by atoms with Gasteiger partial charge in [-0.1, -0.05) is 11.6 Å². The highest BCUT2D eigenvalue weighted by Gasteiger charge is 2.16. The summed E-state index contributed by atoms with van der Waals surface area (Å²) in [4.78, 5) is 0. The van der Waals surface area contributed by atoms with Crippen molar-refractivity contribution >= 4 is 17.3 Å². The van der Waals surface area contributed by atoms with Gasteiger partial charge in [0.05, 0.1) is 11.4 Å². The Morgan fingerprint density at radius 2 is 2.22 bits per heavy atom. The van der Waals surface area contributed by atoms with Crippen LogP contribution in [0.2, 0.25) is 5.02 Å². The van der Waals surface area contributed by atoms with Crippen LogP contribution in [0.25, 0.3) is 0 Å². The Bertz CT molecular complexity index is 642. The normalized spacial score (nSPS) is 10.1. The van der Waals surface area contributed by atoms with Crippen LogP contribution in [0.3, 0.4) is 0 Å². The maximum Gasteiger partial charge on any atom is 0.235 e. The van der Waals surface area contributed by atoms with E-state index in [1.165, 1.54) is 4.68 Å². The fourth-order valence-corrected chi connectivity index (χ4v) is 1.78. The number of nitrogens with zero attached hydrogens (tertiary/aromatic N) is 3. The van der Waals surface area contributed by atoms with Gasteiger partial charge in [0.1, 0.15) is 11.6 Å². The minimum Gasteiger partial charge on any atom is -0.436 e. The van der Waals surface area contributed by atoms with Crippen LogP contribution in [0, 0.1) is 18.3 Å². The molecule has 0 atom stereocenters. The zero-order valence-electron chi connectivity index (χ0n) is 9.94. The van der Waals surface area contributed by atoms with E-state index in [-0.39, 0.29) is 0 Å². The fourth-order valence-electron chi connectivity index (χ4n) is 1.60. The van der Waals surface area contributed by atoms with Crippen LogP contribution in [0.1, 0.15) is 11.3 Å². The highest BCUT2D eigenvalue weighted by atomic mass is 35.5. The lowest BCUT2D eigenvalue weighted by molar-refractivity contribution is 0.431. The average molecular weight is 263 g/mol. The van der Waals surface area contributed by atoms with Gasteiger partial charge in [0.25, 0.3) is 0 Å². The van der Waals surface area contributed by atoms with Gasteiger partial charge in [-0.15, -0.1) is 0 Å². The molecule has 5 nitrogen and oxygen atoms in total. The summed E-state index contributed by atoms with van der Waals surface area (Å²) in [5.74, 6) is 0.808. The molecule has 0 unspecified atom stereocenters. The molecule has 18 heavy (non-hydrogen) atoms. The third-order valence-corrected chi connectivity index (χ3v) is 2.69. The van der Waals surface area contributed by atoms with Crippen LogP contribution in [-0.2, 0) is 7.05 Å². The van der Waals surface area contributed by atoms with Crippen molar-refractivity contribution in [1.82, 2.24) is 9.78 Å². The zero-order valence-corrected chi connectivity index (χ0v) is 10.7. The second-order valence-electron chi connectivity index (χ2n) is 3.79. The lowest BCUT2D eigenvalue weighted by Gasteiger charge is -2.08. The van der Waals surface area contributed by atoms with E-state index in [1.807, 2.05) is 0 Å². The molecule has 0 spiro atoms. The van der Waals surface area contributed by atoms with Crippen LogP contribution >= 0.6 is 11.6 Å². The van der Waals surface area contributed by atoms with Crippen molar-refractivity contribution in [3.05, 3.63) is 34.5 Å². The fraction of sp³-hybridized carbons (Fsp3) is 0.167. The molecule has 1 aromatic carbocycles. The molecule has 0 aliphatic rings. The molecular formula is C12H11ClN4O. The molecule has 2 aromatic rings. The third kappa shape index (κ3) is 2.11. The number of hydrogen-bond acceptors (Lipinski definition) is 4. The number of hydrogen-bond donors (Lipinski definition) is 1. The van der Waals surface area contributed by atoms with Gasteiger partial charge >= 0.3 is 0 Å². The summed E-state index contributed by atoms with van der Waals surface area (Å²) in [5.41, 5.74) is 7.21. The maximum atomic E-state index is 9.07. The predicted molar refractivity (Wildman–Crippen MR) is 68.6 cm³/mol. The minimum atomic E-state index is 0.365. The topological polar surface area (TPSA) is 76.9 Å². The van der Waals surface area contributed by atoms with Crippen molar-refractivity contribution in [2.45, 2.75) is 6.92 Å². The van der Waals surface area contributed by atoms with Crippen LogP contribution in [-0.4, -0.2) is 9.78 Å². The number of halogens is 1. The molecule has 0 aliphatic carbocycles. The van der Waals surface area contributed by atoms with Crippen molar-refractivity contribution < 1.29 is 4.74 Å². The molecule has 0 amide bonds. The molecule has 92 valence electrons. The van der Waals surface area contributed by atoms with Crippen molar-refractivity contribution in [3.63, 3.8) is 0 Å². The first-order valence-corrected chi connectivity index (χ1v) is 5.57. The number of aryl methyl sites for hydroxylation is 2. The summed E-state index contributed by atoms with van der Waals surface area (Å²) in [6, 6.07) is 6.97. The first kappa shape index (κ1) is 12.3. The van der Waals surface area contributed by atoms with Gasteiger partial charge in [-0.2, -0.15) is 10.4 Å². The summed E-state index contributed by atoms with van der Waals surface area (Å²) < 4.78 is 7.13. The van der Waals surface area contributed by atoms with Gasteiger partial charge < -0.3 is 10.5 Å². The summed E-state index contributed by atoms with van der Waals surface area (Å²) >= 11 is 5.81. The monoisotopic (exact) mass is 262 g/mol. The summed E-state index contributed by atoms with van der Waals surface area (Å²) in [7, 11) is 1.70. The largest absolute Gasteiger partial charge is 0.436 e. The lowest BCUT2D eigenvalue weighted by Crippen LogP contribution is -1.98. The Balaban J connectivity index is 2.43. The van der Waals surface area contributed by atoms with Crippen molar-refractivity contribution in [2.75, 3.05) is 5.73 Å². The lowest BCUT2D eigenvalue weighted by atomic mass is 10.2. The number of nitriles is 1. The second-order valence-corrected chi connectivity index (χ2v) is 4.22. The quantitative estimate of drug-likeness (QED) is 0.844. The number of ether oxygens (including phenoxy) is 1. The van der Waals surface area contributed by atoms with E-state index >= 15 is 0 Å². The van der Waals surface area contributed by atoms with E-state index < -0.39 is 0 Å². The smallest absolute Gasteiger partial charge is 0.235 e. The molecule has 6 heteroatoms. The summed E-state index contributed by atoms with van der Waals surface area (Å²) in [6.45, 7) is 1.75. The van der Waals surface area contributed by atoms with Gasteiger partial charge in [0, 0.05) is 12.1 Å². The predicted octanol–water partition coefficient (Wildman–Crippen LogP) is 2.63. The molecule has 1 aromatic heterocycles. The average Bonchev–Trinajstić information content (AvgIpc) is 2.57. The van der Waals surface area contributed by atoms with Gasteiger partial charge in [-0.05, 0) is 25.1 Å². The molecule has 0 aliphatic heterocycles. The summed E-state index contributed by atoms with van der Waals surface area (Å²) in [5, 5.41) is 13.7. The van der Waals surface area contributed by atoms with Crippen LogP contribution < -0.4 is 10.5 Å². The van der Waals surface area contributed by atoms with E-state index in [0.717, 1.165) is 0 Å². The van der Waals surface area contributed by atoms with Crippen LogP contribution in [0.5, 0.6) is 11.6 Å². The van der Waals surface area contributed by atoms with Gasteiger partial charge in [-0.3, -0.25) is 0 Å². The Morgan fingerprint density at radius 3 is 2.83 bits per heavy atom. The Morgan fingerprint density at radius 1 is 1.50 bits per heavy atom. The molecule has 0 radical (unpaired) electrons. The third-order valence-electron chi connectivity index (χ3n) is 2.46. The number of anilines is 1. The number of benzene rings is 1. The standard InChI is InChI=1S/C12H11ClN4O/c1-7-9(6-14)12(17(2)16-7)18-11-4-3-8(13)5-10(11)15/h3-5H,15H2,1-2H3. The van der Waals surface area contributed by atoms with Gasteiger partial charge in [0.15, 0.2) is 5.75 Å². The van der Waals surface area contributed by atoms with E-state index in [4.69, 9.17) is 27.3 Å². The van der Waals surface area contributed by atoms with Gasteiger partial charge in [0.2, 0.25) is 5.88 Å². The molecular weight excluding hydrogens is 252 g/mol. The first-order chi connectivity index (χ1) is 8.52. The van der Waals surface area contributed by atoms with Crippen LogP contribution in [0.4, 0.5) is 5.69 Å². The Labute approximate surface area is 109 Å². The molecule has 2 N–H and O–H groups in total. The van der Waals surface area contributed by atoms with E-state index in [2.05, 4.69) is 11.2 Å². The molecule has 2 rings (SSSR count). The highest BCUT2D eigenvalue weighted by molar-refractivity contribution is 6.30. The summed E-state index contributed by atoms with van der Waals surface area (Å²) in [6.07, 6.45) is 0. The van der Waals surface area contributed by atoms with Crippen LogP contribution in [0.15, 0.2) is 18.2 Å². The molecule has 1 heterocycles. The number of nitrogens with two attached hydrogens (primary N) is 1. The first-order valence-electron chi connectivity index (χ1n) is 5.19. The van der Waals surface area contributed by atoms with Crippen molar-refractivity contribution in [3.8, 4) is 17.7 Å². The second kappa shape index (κ2) is 4.59. The zero-order chi connectivity index (χ0) is 13.3. The molecule has 0 saturated carbocycles. The molecule has 0 saturated heterocycles. The maximum absolute atomic E-state index is 9.07. The Kier molecular flexibility index (Phi) is 3.13. The Hall–Kier alpha value is -2.19. The van der Waals surface area contributed by atoms with Crippen molar-refractivity contribution in [1.29, 1.82) is 5.26 Å². The number of nitrogen functional groups attached to an aromatic ring is 1. The van der Waals surface area contributed by atoms with Gasteiger partial charge in [-0.25, -0.2) is 4.68 Å². The van der Waals surface area contributed by atoms with E-state index in [1.54, 1.807) is 32.2 Å². The minimum absolute atomic E-state index is 0.365. The SMILES string of the molecule is Cc1nn(C)c(Oc2ccc(Cl)cc2N)c1C#N. The number of rotatable bonds is 2. The van der Waals surface area contributed by atoms with E-state index in [0.29, 0.717) is 33.6 Å². The number of aromatic nitrogens is 2. The van der Waals surface area contributed by atoms with E-state index in [9.17, 15) is 0 Å². The van der Waals surface area contributed by atoms with Crippen molar-refractivity contribution in [2.24, 2.45) is 7.05 Å². The molecule has 0 fully saturated rings.